The molecule has 0 unspecified atom stereocenters. The molecule has 7 heteroatoms. The fraction of sp³-hybridized carbons (Fsp3) is 0.450. The van der Waals surface area contributed by atoms with Crippen molar-refractivity contribution in [3.63, 3.8) is 0 Å². The lowest BCUT2D eigenvalue weighted by Gasteiger charge is -2.34. The number of ether oxygens (including phenoxy) is 1. The number of nitrogens with one attached hydrogen (secondary N) is 1. The summed E-state index contributed by atoms with van der Waals surface area (Å²) in [7, 11) is 1.55. The monoisotopic (exact) mass is 370 g/mol. The fourth-order valence-corrected chi connectivity index (χ4v) is 4.13. The fourth-order valence-electron chi connectivity index (χ4n) is 4.13. The van der Waals surface area contributed by atoms with Crippen LogP contribution in [0.5, 0.6) is 5.75 Å². The number of amides is 2. The summed E-state index contributed by atoms with van der Waals surface area (Å²) in [6.07, 6.45) is 1.23. The van der Waals surface area contributed by atoms with Gasteiger partial charge < -0.3 is 19.4 Å². The van der Waals surface area contributed by atoms with Gasteiger partial charge in [-0.05, 0) is 31.0 Å². The minimum absolute atomic E-state index is 0.00883. The lowest BCUT2D eigenvalue weighted by Crippen LogP contribution is -2.47. The van der Waals surface area contributed by atoms with E-state index in [0.717, 1.165) is 17.4 Å². The summed E-state index contributed by atoms with van der Waals surface area (Å²) in [5.41, 5.74) is 1.10. The molecule has 2 atom stereocenters. The van der Waals surface area contributed by atoms with E-state index >= 15 is 0 Å². The largest absolute Gasteiger partial charge is 0.497 e. The lowest BCUT2D eigenvalue weighted by molar-refractivity contribution is -0.132. The standard InChI is InChI=1S/C20H22N2O5/c1-11-14-4-3-13(26-2)8-17(14)27-20(25)15(11)9-19(24)22-6-5-16-12(10-22)7-18(23)21-16/h3-4,8,12,16H,5-7,9-10H2,1-2H3,(H,21,23)/t12-,16+/m1/s1. The Balaban J connectivity index is 1.57. The molecule has 1 aromatic heterocycles. The quantitative estimate of drug-likeness (QED) is 0.825. The van der Waals surface area contributed by atoms with Gasteiger partial charge in [0.2, 0.25) is 11.8 Å². The number of hydrogen-bond donors (Lipinski definition) is 1. The summed E-state index contributed by atoms with van der Waals surface area (Å²) in [6, 6.07) is 5.48. The minimum Gasteiger partial charge on any atom is -0.497 e. The first-order valence-corrected chi connectivity index (χ1v) is 9.13. The molecule has 1 N–H and O–H groups in total. The van der Waals surface area contributed by atoms with Crippen LogP contribution in [0.15, 0.2) is 27.4 Å². The predicted molar refractivity (Wildman–Crippen MR) is 98.7 cm³/mol. The van der Waals surface area contributed by atoms with Crippen molar-refractivity contribution in [1.82, 2.24) is 10.2 Å². The van der Waals surface area contributed by atoms with Crippen molar-refractivity contribution in [2.75, 3.05) is 20.2 Å². The topological polar surface area (TPSA) is 88.9 Å². The maximum absolute atomic E-state index is 12.8. The number of benzene rings is 1. The molecule has 3 heterocycles. The highest BCUT2D eigenvalue weighted by atomic mass is 16.5. The van der Waals surface area contributed by atoms with E-state index in [9.17, 15) is 14.4 Å². The lowest BCUT2D eigenvalue weighted by atomic mass is 9.92. The molecular formula is C20H22N2O5. The number of methoxy groups -OCH3 is 1. The molecule has 0 spiro atoms. The van der Waals surface area contributed by atoms with E-state index in [1.165, 1.54) is 0 Å². The molecule has 0 saturated carbocycles. The SMILES string of the molecule is COc1ccc2c(C)c(CC(=O)N3CC[C@@H]4NC(=O)C[C@@H]4C3)c(=O)oc2c1. The number of aryl methyl sites for hydroxylation is 1. The van der Waals surface area contributed by atoms with Gasteiger partial charge in [-0.15, -0.1) is 0 Å². The molecule has 0 bridgehead atoms. The Morgan fingerprint density at radius 1 is 1.37 bits per heavy atom. The number of hydrogen-bond acceptors (Lipinski definition) is 5. The van der Waals surface area contributed by atoms with Crippen molar-refractivity contribution in [1.29, 1.82) is 0 Å². The molecule has 2 aliphatic heterocycles. The first-order valence-electron chi connectivity index (χ1n) is 9.13. The third kappa shape index (κ3) is 3.18. The van der Waals surface area contributed by atoms with Crippen molar-refractivity contribution in [2.24, 2.45) is 5.92 Å². The second-order valence-electron chi connectivity index (χ2n) is 7.30. The zero-order valence-corrected chi connectivity index (χ0v) is 15.4. The average Bonchev–Trinajstić information content (AvgIpc) is 3.03. The highest BCUT2D eigenvalue weighted by Gasteiger charge is 2.38. The molecule has 4 rings (SSSR count). The van der Waals surface area contributed by atoms with E-state index in [2.05, 4.69) is 5.32 Å². The smallest absolute Gasteiger partial charge is 0.340 e. The average molecular weight is 370 g/mol. The Morgan fingerprint density at radius 3 is 2.96 bits per heavy atom. The number of carbonyl (C=O) groups is 2. The normalized spacial score (nSPS) is 21.9. The maximum atomic E-state index is 12.8. The Morgan fingerprint density at radius 2 is 2.19 bits per heavy atom. The van der Waals surface area contributed by atoms with Crippen molar-refractivity contribution in [3.8, 4) is 5.75 Å². The molecule has 2 saturated heterocycles. The van der Waals surface area contributed by atoms with Crippen LogP contribution in [-0.2, 0) is 16.0 Å². The van der Waals surface area contributed by atoms with Gasteiger partial charge in [0.15, 0.2) is 0 Å². The van der Waals surface area contributed by atoms with Crippen LogP contribution in [0.1, 0.15) is 24.0 Å². The molecule has 0 radical (unpaired) electrons. The summed E-state index contributed by atoms with van der Waals surface area (Å²) in [5, 5.41) is 3.75. The van der Waals surface area contributed by atoms with Crippen molar-refractivity contribution in [2.45, 2.75) is 32.2 Å². The van der Waals surface area contributed by atoms with Gasteiger partial charge in [0.25, 0.3) is 0 Å². The second-order valence-corrected chi connectivity index (χ2v) is 7.30. The number of likely N-dealkylation sites (tertiary alicyclic amines) is 1. The Hall–Kier alpha value is -2.83. The Bertz CT molecular complexity index is 980. The first-order chi connectivity index (χ1) is 13.0. The highest BCUT2D eigenvalue weighted by Crippen LogP contribution is 2.27. The van der Waals surface area contributed by atoms with E-state index in [-0.39, 0.29) is 30.2 Å². The molecule has 1 aromatic carbocycles. The van der Waals surface area contributed by atoms with Crippen LogP contribution in [0, 0.1) is 12.8 Å². The van der Waals surface area contributed by atoms with Crippen LogP contribution in [0.4, 0.5) is 0 Å². The number of nitrogens with zero attached hydrogens (tertiary/aromatic N) is 1. The zero-order chi connectivity index (χ0) is 19.1. The third-order valence-electron chi connectivity index (χ3n) is 5.70. The highest BCUT2D eigenvalue weighted by molar-refractivity contribution is 5.85. The van der Waals surface area contributed by atoms with Gasteiger partial charge in [0, 0.05) is 42.9 Å². The molecule has 2 aromatic rings. The van der Waals surface area contributed by atoms with Crippen LogP contribution in [-0.4, -0.2) is 43.0 Å². The number of fused-ring (bicyclic) bond motifs is 2. The second kappa shape index (κ2) is 6.72. The van der Waals surface area contributed by atoms with E-state index in [0.29, 0.717) is 36.4 Å². The van der Waals surface area contributed by atoms with Crippen LogP contribution in [0.3, 0.4) is 0 Å². The molecule has 0 aliphatic carbocycles. The van der Waals surface area contributed by atoms with Crippen LogP contribution in [0.2, 0.25) is 0 Å². The van der Waals surface area contributed by atoms with Gasteiger partial charge in [0.1, 0.15) is 11.3 Å². The van der Waals surface area contributed by atoms with E-state index in [4.69, 9.17) is 9.15 Å². The summed E-state index contributed by atoms with van der Waals surface area (Å²) in [4.78, 5) is 38.6. The zero-order valence-electron chi connectivity index (χ0n) is 15.4. The van der Waals surface area contributed by atoms with Gasteiger partial charge in [-0.1, -0.05) is 0 Å². The molecule has 2 amide bonds. The van der Waals surface area contributed by atoms with Gasteiger partial charge in [-0.3, -0.25) is 9.59 Å². The molecular weight excluding hydrogens is 348 g/mol. The van der Waals surface area contributed by atoms with E-state index < -0.39 is 5.63 Å². The van der Waals surface area contributed by atoms with Crippen LogP contribution >= 0.6 is 0 Å². The van der Waals surface area contributed by atoms with Gasteiger partial charge >= 0.3 is 5.63 Å². The first kappa shape index (κ1) is 17.6. The molecule has 2 fully saturated rings. The minimum atomic E-state index is -0.491. The predicted octanol–water partition coefficient (Wildman–Crippen LogP) is 1.39. The molecule has 142 valence electrons. The van der Waals surface area contributed by atoms with Crippen molar-refractivity contribution >= 4 is 22.8 Å². The van der Waals surface area contributed by atoms with Crippen molar-refractivity contribution in [3.05, 3.63) is 39.7 Å². The number of carbonyl (C=O) groups excluding carboxylic acids is 2. The Labute approximate surface area is 156 Å². The maximum Gasteiger partial charge on any atom is 0.340 e. The summed E-state index contributed by atoms with van der Waals surface area (Å²) < 4.78 is 10.6. The summed E-state index contributed by atoms with van der Waals surface area (Å²) in [6.45, 7) is 2.98. The van der Waals surface area contributed by atoms with E-state index in [1.54, 1.807) is 24.1 Å². The molecule has 2 aliphatic rings. The van der Waals surface area contributed by atoms with Crippen LogP contribution in [0.25, 0.3) is 11.0 Å². The number of rotatable bonds is 3. The molecule has 27 heavy (non-hydrogen) atoms. The van der Waals surface area contributed by atoms with Crippen LogP contribution < -0.4 is 15.7 Å². The van der Waals surface area contributed by atoms with Gasteiger partial charge in [-0.2, -0.15) is 0 Å². The Kier molecular flexibility index (Phi) is 4.37. The van der Waals surface area contributed by atoms with Crippen molar-refractivity contribution < 1.29 is 18.7 Å². The number of piperidine rings is 1. The molecule has 7 nitrogen and oxygen atoms in total. The third-order valence-corrected chi connectivity index (χ3v) is 5.70. The summed E-state index contributed by atoms with van der Waals surface area (Å²) >= 11 is 0. The van der Waals surface area contributed by atoms with E-state index in [1.807, 2.05) is 13.0 Å². The van der Waals surface area contributed by atoms with Gasteiger partial charge in [-0.25, -0.2) is 4.79 Å². The van der Waals surface area contributed by atoms with Gasteiger partial charge in [0.05, 0.1) is 19.1 Å². The summed E-state index contributed by atoms with van der Waals surface area (Å²) in [5.74, 6) is 0.727.